The standard InChI is InChI=1S/C17H13N5O8S.C5H5N/c23-13(24)9-1-5-11(6-2-9)18-15-20-16(22-17(21-15)30-31(27,28)29)19-12-7-3-10(4-8-12)14(25)26;1-2-4-6-5-3-1/h1-8H,(H,23,24)(H,25,26)(H,27,28,29)(H2,18,19,20,21,22);1-5H. The fourth-order valence-corrected chi connectivity index (χ4v) is 2.83. The van der Waals surface area contributed by atoms with Crippen LogP contribution >= 0.6 is 0 Å². The number of aromatic nitrogens is 4. The number of carboxylic acids is 2. The minimum absolute atomic E-state index is 0.0451. The molecule has 0 amide bonds. The van der Waals surface area contributed by atoms with E-state index in [1.807, 2.05) is 18.2 Å². The Morgan fingerprint density at radius 3 is 1.43 bits per heavy atom. The third kappa shape index (κ3) is 8.85. The molecule has 4 rings (SSSR count). The summed E-state index contributed by atoms with van der Waals surface area (Å²) in [6.07, 6.45) is 3.50. The Hall–Kier alpha value is -5.15. The second-order valence-electron chi connectivity index (χ2n) is 6.82. The van der Waals surface area contributed by atoms with Crippen molar-refractivity contribution in [1.82, 2.24) is 19.9 Å². The zero-order valence-corrected chi connectivity index (χ0v) is 19.4. The van der Waals surface area contributed by atoms with Crippen LogP contribution in [0.15, 0.2) is 79.1 Å². The Morgan fingerprint density at radius 1 is 0.703 bits per heavy atom. The number of aromatic carboxylic acids is 2. The molecule has 0 unspecified atom stereocenters. The van der Waals surface area contributed by atoms with Crippen LogP contribution in [0.3, 0.4) is 0 Å². The van der Waals surface area contributed by atoms with Gasteiger partial charge in [-0.1, -0.05) is 6.07 Å². The molecule has 190 valence electrons. The van der Waals surface area contributed by atoms with Gasteiger partial charge in [0.1, 0.15) is 0 Å². The van der Waals surface area contributed by atoms with E-state index in [9.17, 15) is 18.0 Å². The second kappa shape index (κ2) is 12.0. The largest absolute Gasteiger partial charge is 0.478 e. The summed E-state index contributed by atoms with van der Waals surface area (Å²) >= 11 is 0. The molecule has 2 aromatic heterocycles. The maximum absolute atomic E-state index is 11.0. The van der Waals surface area contributed by atoms with Crippen molar-refractivity contribution < 1.29 is 37.0 Å². The van der Waals surface area contributed by atoms with Crippen LogP contribution in [-0.2, 0) is 10.4 Å². The van der Waals surface area contributed by atoms with Gasteiger partial charge < -0.3 is 25.0 Å². The van der Waals surface area contributed by atoms with Gasteiger partial charge in [-0.2, -0.15) is 23.4 Å². The number of carbonyl (C=O) groups is 2. The van der Waals surface area contributed by atoms with Crippen molar-refractivity contribution in [2.75, 3.05) is 10.6 Å². The van der Waals surface area contributed by atoms with Gasteiger partial charge in [0.15, 0.2) is 0 Å². The molecule has 0 bridgehead atoms. The Labute approximate surface area is 209 Å². The number of rotatable bonds is 8. The maximum atomic E-state index is 11.0. The van der Waals surface area contributed by atoms with Gasteiger partial charge in [0.25, 0.3) is 0 Å². The molecule has 0 aliphatic carbocycles. The summed E-state index contributed by atoms with van der Waals surface area (Å²) < 4.78 is 35.2. The monoisotopic (exact) mass is 526 g/mol. The van der Waals surface area contributed by atoms with E-state index in [4.69, 9.17) is 14.8 Å². The highest BCUT2D eigenvalue weighted by molar-refractivity contribution is 7.81. The van der Waals surface area contributed by atoms with E-state index in [0.29, 0.717) is 11.4 Å². The Bertz CT molecular complexity index is 1360. The van der Waals surface area contributed by atoms with Crippen molar-refractivity contribution in [1.29, 1.82) is 0 Å². The van der Waals surface area contributed by atoms with Gasteiger partial charge in [-0.25, -0.2) is 9.59 Å². The van der Waals surface area contributed by atoms with Crippen LogP contribution in [0.1, 0.15) is 20.7 Å². The molecule has 2 aromatic carbocycles. The number of benzene rings is 2. The summed E-state index contributed by atoms with van der Waals surface area (Å²) in [5, 5.41) is 23.3. The number of nitrogens with one attached hydrogen (secondary N) is 2. The summed E-state index contributed by atoms with van der Waals surface area (Å²) in [7, 11) is -4.93. The number of nitrogens with zero attached hydrogens (tertiary/aromatic N) is 4. The van der Waals surface area contributed by atoms with Crippen molar-refractivity contribution in [3.63, 3.8) is 0 Å². The lowest BCUT2D eigenvalue weighted by Crippen LogP contribution is -2.12. The van der Waals surface area contributed by atoms with Crippen LogP contribution < -0.4 is 14.8 Å². The van der Waals surface area contributed by atoms with Crippen LogP contribution in [0.5, 0.6) is 6.01 Å². The van der Waals surface area contributed by atoms with Gasteiger partial charge in [-0.05, 0) is 60.7 Å². The first-order valence-electron chi connectivity index (χ1n) is 10.1. The third-order valence-electron chi connectivity index (χ3n) is 4.14. The van der Waals surface area contributed by atoms with E-state index in [-0.39, 0.29) is 23.0 Å². The van der Waals surface area contributed by atoms with E-state index in [2.05, 4.69) is 34.8 Å². The molecule has 0 saturated heterocycles. The highest BCUT2D eigenvalue weighted by Crippen LogP contribution is 2.21. The first-order valence-corrected chi connectivity index (χ1v) is 11.4. The zero-order chi connectivity index (χ0) is 26.8. The number of pyridine rings is 1. The van der Waals surface area contributed by atoms with Crippen molar-refractivity contribution in [2.24, 2.45) is 0 Å². The van der Waals surface area contributed by atoms with Gasteiger partial charge in [-0.3, -0.25) is 9.54 Å². The molecule has 2 heterocycles. The molecule has 15 heteroatoms. The third-order valence-corrected chi connectivity index (χ3v) is 4.50. The molecule has 0 aliphatic heterocycles. The SMILES string of the molecule is O=C(O)c1ccc(Nc2nc(Nc3ccc(C(=O)O)cc3)nc(OS(=O)(=O)O)n2)cc1.c1ccncc1. The van der Waals surface area contributed by atoms with E-state index in [1.165, 1.54) is 48.5 Å². The summed E-state index contributed by atoms with van der Waals surface area (Å²) in [5.74, 6) is -2.62. The average molecular weight is 526 g/mol. The average Bonchev–Trinajstić information content (AvgIpc) is 2.85. The summed E-state index contributed by atoms with van der Waals surface area (Å²) in [5.41, 5.74) is 0.823. The first-order chi connectivity index (χ1) is 17.6. The van der Waals surface area contributed by atoms with Crippen molar-refractivity contribution >= 4 is 45.6 Å². The van der Waals surface area contributed by atoms with E-state index in [0.717, 1.165) is 0 Å². The second-order valence-corrected chi connectivity index (χ2v) is 7.84. The Morgan fingerprint density at radius 2 is 1.14 bits per heavy atom. The summed E-state index contributed by atoms with van der Waals surface area (Å²) in [6.45, 7) is 0. The molecule has 0 saturated carbocycles. The minimum atomic E-state index is -4.93. The molecule has 0 atom stereocenters. The molecule has 0 aliphatic rings. The van der Waals surface area contributed by atoms with Gasteiger partial charge in [-0.15, -0.1) is 0 Å². The smallest absolute Gasteiger partial charge is 0.449 e. The predicted molar refractivity (Wildman–Crippen MR) is 130 cm³/mol. The Kier molecular flexibility index (Phi) is 8.58. The fourth-order valence-electron chi connectivity index (χ4n) is 2.56. The topological polar surface area (TPSA) is 214 Å². The molecule has 4 aromatic rings. The number of hydrogen-bond acceptors (Lipinski definition) is 11. The van der Waals surface area contributed by atoms with E-state index >= 15 is 0 Å². The molecule has 0 spiro atoms. The highest BCUT2D eigenvalue weighted by Gasteiger charge is 2.15. The van der Waals surface area contributed by atoms with Gasteiger partial charge >= 0.3 is 28.3 Å². The van der Waals surface area contributed by atoms with Gasteiger partial charge in [0.05, 0.1) is 11.1 Å². The maximum Gasteiger partial charge on any atom is 0.449 e. The van der Waals surface area contributed by atoms with E-state index < -0.39 is 28.3 Å². The molecular formula is C22H18N6O8S. The van der Waals surface area contributed by atoms with Crippen LogP contribution in [0.25, 0.3) is 0 Å². The molecule has 5 N–H and O–H groups in total. The predicted octanol–water partition coefficient (Wildman–Crippen LogP) is 3.02. The molecule has 37 heavy (non-hydrogen) atoms. The van der Waals surface area contributed by atoms with E-state index in [1.54, 1.807) is 12.4 Å². The highest BCUT2D eigenvalue weighted by atomic mass is 32.3. The Balaban J connectivity index is 0.000000555. The van der Waals surface area contributed by atoms with Gasteiger partial charge in [0.2, 0.25) is 11.9 Å². The van der Waals surface area contributed by atoms with Crippen molar-refractivity contribution in [2.45, 2.75) is 0 Å². The van der Waals surface area contributed by atoms with Crippen LogP contribution in [0, 0.1) is 0 Å². The quantitative estimate of drug-likeness (QED) is 0.209. The normalized spacial score (nSPS) is 10.4. The molecule has 0 radical (unpaired) electrons. The van der Waals surface area contributed by atoms with Crippen molar-refractivity contribution in [3.05, 3.63) is 90.3 Å². The van der Waals surface area contributed by atoms with Crippen molar-refractivity contribution in [3.8, 4) is 6.01 Å². The first kappa shape index (κ1) is 26.5. The number of hydrogen-bond donors (Lipinski definition) is 5. The molecule has 14 nitrogen and oxygen atoms in total. The molecule has 0 fully saturated rings. The number of anilines is 4. The van der Waals surface area contributed by atoms with Crippen LogP contribution in [-0.4, -0.2) is 55.1 Å². The molecular weight excluding hydrogens is 508 g/mol. The summed E-state index contributed by atoms with van der Waals surface area (Å²) in [6, 6.07) is 16.0. The zero-order valence-electron chi connectivity index (χ0n) is 18.6. The number of carboxylic acid groups (broad SMARTS) is 2. The fraction of sp³-hybridized carbons (Fsp3) is 0. The lowest BCUT2D eigenvalue weighted by atomic mass is 10.2. The van der Waals surface area contributed by atoms with Crippen LogP contribution in [0.2, 0.25) is 0 Å². The summed E-state index contributed by atoms with van der Waals surface area (Å²) in [4.78, 5) is 37.1. The lowest BCUT2D eigenvalue weighted by molar-refractivity contribution is 0.0686. The minimum Gasteiger partial charge on any atom is -0.478 e. The van der Waals surface area contributed by atoms with Crippen LogP contribution in [0.4, 0.5) is 23.3 Å². The lowest BCUT2D eigenvalue weighted by Gasteiger charge is -2.10. The van der Waals surface area contributed by atoms with Gasteiger partial charge in [0, 0.05) is 23.8 Å².